The first kappa shape index (κ1) is 18.1. The maximum Gasteiger partial charge on any atom is 0.240 e. The summed E-state index contributed by atoms with van der Waals surface area (Å²) < 4.78 is 7.29. The number of benzene rings is 2. The van der Waals surface area contributed by atoms with Crippen LogP contribution in [0, 0.1) is 6.92 Å². The molecule has 0 aliphatic heterocycles. The van der Waals surface area contributed by atoms with Crippen LogP contribution in [-0.4, -0.2) is 35.2 Å². The van der Waals surface area contributed by atoms with E-state index < -0.39 is 0 Å². The van der Waals surface area contributed by atoms with Crippen LogP contribution in [0.3, 0.4) is 0 Å². The van der Waals surface area contributed by atoms with Crippen molar-refractivity contribution in [2.24, 2.45) is 0 Å². The van der Waals surface area contributed by atoms with Gasteiger partial charge in [0, 0.05) is 25.3 Å². The molecule has 0 saturated carbocycles. The number of para-hydroxylation sites is 2. The lowest BCUT2D eigenvalue weighted by atomic mass is 10.1. The standard InChI is InChI=1S/C21H25N3O2/c1-3-26-13-7-12-22-20(25)15-24-19-11-5-4-10-18(19)23-21(24)17-9-6-8-16(2)14-17/h4-6,8-11,14H,3,7,12-13,15H2,1-2H3,(H,22,25). The van der Waals surface area contributed by atoms with Crippen molar-refractivity contribution in [3.05, 3.63) is 54.1 Å². The van der Waals surface area contributed by atoms with Crippen LogP contribution in [0.4, 0.5) is 0 Å². The van der Waals surface area contributed by atoms with E-state index in [4.69, 9.17) is 9.72 Å². The van der Waals surface area contributed by atoms with Crippen LogP contribution in [-0.2, 0) is 16.1 Å². The van der Waals surface area contributed by atoms with Gasteiger partial charge in [-0.15, -0.1) is 0 Å². The minimum atomic E-state index is -0.0152. The molecule has 5 heteroatoms. The number of nitrogens with one attached hydrogen (secondary N) is 1. The van der Waals surface area contributed by atoms with Crippen LogP contribution >= 0.6 is 0 Å². The van der Waals surface area contributed by atoms with Crippen molar-refractivity contribution in [3.63, 3.8) is 0 Å². The average molecular weight is 351 g/mol. The molecule has 136 valence electrons. The third kappa shape index (κ3) is 4.29. The Morgan fingerprint density at radius 1 is 1.19 bits per heavy atom. The summed E-state index contributed by atoms with van der Waals surface area (Å²) in [5.41, 5.74) is 4.05. The smallest absolute Gasteiger partial charge is 0.240 e. The van der Waals surface area contributed by atoms with E-state index in [2.05, 4.69) is 24.4 Å². The van der Waals surface area contributed by atoms with E-state index >= 15 is 0 Å². The van der Waals surface area contributed by atoms with E-state index in [0.29, 0.717) is 19.8 Å². The summed E-state index contributed by atoms with van der Waals surface area (Å²) in [6.07, 6.45) is 0.814. The molecule has 0 bridgehead atoms. The number of rotatable bonds is 8. The molecule has 1 heterocycles. The number of ether oxygens (including phenoxy) is 1. The molecule has 0 aliphatic rings. The molecule has 1 aromatic heterocycles. The molecule has 3 aromatic rings. The minimum Gasteiger partial charge on any atom is -0.382 e. The minimum absolute atomic E-state index is 0.0152. The Morgan fingerprint density at radius 2 is 2.04 bits per heavy atom. The predicted molar refractivity (Wildman–Crippen MR) is 104 cm³/mol. The van der Waals surface area contributed by atoms with E-state index in [1.165, 1.54) is 5.56 Å². The topological polar surface area (TPSA) is 56.1 Å². The van der Waals surface area contributed by atoms with Crippen LogP contribution in [0.25, 0.3) is 22.4 Å². The third-order valence-electron chi connectivity index (χ3n) is 4.22. The van der Waals surface area contributed by atoms with E-state index in [1.54, 1.807) is 0 Å². The second-order valence-corrected chi connectivity index (χ2v) is 6.28. The second-order valence-electron chi connectivity index (χ2n) is 6.28. The lowest BCUT2D eigenvalue weighted by Gasteiger charge is -2.10. The molecule has 3 rings (SSSR count). The number of aromatic nitrogens is 2. The Morgan fingerprint density at radius 3 is 2.85 bits per heavy atom. The summed E-state index contributed by atoms with van der Waals surface area (Å²) >= 11 is 0. The number of hydrogen-bond acceptors (Lipinski definition) is 3. The maximum atomic E-state index is 12.4. The zero-order chi connectivity index (χ0) is 18.4. The molecular weight excluding hydrogens is 326 g/mol. The highest BCUT2D eigenvalue weighted by molar-refractivity contribution is 5.84. The second kappa shape index (κ2) is 8.63. The van der Waals surface area contributed by atoms with E-state index in [1.807, 2.05) is 47.9 Å². The van der Waals surface area contributed by atoms with Crippen molar-refractivity contribution in [1.29, 1.82) is 0 Å². The summed E-state index contributed by atoms with van der Waals surface area (Å²) in [5.74, 6) is 0.804. The molecule has 0 unspecified atom stereocenters. The van der Waals surface area contributed by atoms with Gasteiger partial charge in [0.15, 0.2) is 0 Å². The van der Waals surface area contributed by atoms with Gasteiger partial charge >= 0.3 is 0 Å². The monoisotopic (exact) mass is 351 g/mol. The molecule has 0 atom stereocenters. The van der Waals surface area contributed by atoms with Gasteiger partial charge in [0.2, 0.25) is 5.91 Å². The summed E-state index contributed by atoms with van der Waals surface area (Å²) in [4.78, 5) is 17.2. The lowest BCUT2D eigenvalue weighted by Crippen LogP contribution is -2.29. The highest BCUT2D eigenvalue weighted by atomic mass is 16.5. The van der Waals surface area contributed by atoms with Crippen LogP contribution in [0.5, 0.6) is 0 Å². The van der Waals surface area contributed by atoms with E-state index in [9.17, 15) is 4.79 Å². The molecule has 0 saturated heterocycles. The zero-order valence-electron chi connectivity index (χ0n) is 15.4. The highest BCUT2D eigenvalue weighted by Crippen LogP contribution is 2.25. The van der Waals surface area contributed by atoms with Crippen LogP contribution in [0.1, 0.15) is 18.9 Å². The van der Waals surface area contributed by atoms with Crippen molar-refractivity contribution in [1.82, 2.24) is 14.9 Å². The number of imidazole rings is 1. The molecule has 1 amide bonds. The maximum absolute atomic E-state index is 12.4. The van der Waals surface area contributed by atoms with Gasteiger partial charge in [0.25, 0.3) is 0 Å². The van der Waals surface area contributed by atoms with Gasteiger partial charge < -0.3 is 14.6 Å². The fourth-order valence-electron chi connectivity index (χ4n) is 2.99. The summed E-state index contributed by atoms with van der Waals surface area (Å²) in [6.45, 7) is 6.26. The normalized spacial score (nSPS) is 11.0. The SMILES string of the molecule is CCOCCCNC(=O)Cn1c(-c2cccc(C)c2)nc2ccccc21. The molecule has 26 heavy (non-hydrogen) atoms. The fraction of sp³-hybridized carbons (Fsp3) is 0.333. The Hall–Kier alpha value is -2.66. The quantitative estimate of drug-likeness (QED) is 0.632. The Kier molecular flexibility index (Phi) is 6.02. The lowest BCUT2D eigenvalue weighted by molar-refractivity contribution is -0.121. The van der Waals surface area contributed by atoms with E-state index in [0.717, 1.165) is 28.8 Å². The number of hydrogen-bond donors (Lipinski definition) is 1. The van der Waals surface area contributed by atoms with Gasteiger partial charge in [0.1, 0.15) is 12.4 Å². The predicted octanol–water partition coefficient (Wildman–Crippen LogP) is 3.55. The zero-order valence-corrected chi connectivity index (χ0v) is 15.4. The van der Waals surface area contributed by atoms with Gasteiger partial charge in [-0.25, -0.2) is 4.98 Å². The Balaban J connectivity index is 1.82. The molecule has 0 spiro atoms. The van der Waals surface area contributed by atoms with Crippen molar-refractivity contribution >= 4 is 16.9 Å². The van der Waals surface area contributed by atoms with Gasteiger partial charge in [0.05, 0.1) is 11.0 Å². The summed E-state index contributed by atoms with van der Waals surface area (Å²) in [5, 5.41) is 2.97. The molecular formula is C21H25N3O2. The number of aryl methyl sites for hydroxylation is 1. The van der Waals surface area contributed by atoms with Gasteiger partial charge in [-0.3, -0.25) is 4.79 Å². The van der Waals surface area contributed by atoms with E-state index in [-0.39, 0.29) is 12.5 Å². The van der Waals surface area contributed by atoms with Crippen molar-refractivity contribution in [2.75, 3.05) is 19.8 Å². The Bertz CT molecular complexity index is 886. The Labute approximate surface area is 154 Å². The van der Waals surface area contributed by atoms with Crippen LogP contribution in [0.15, 0.2) is 48.5 Å². The van der Waals surface area contributed by atoms with Crippen molar-refractivity contribution in [3.8, 4) is 11.4 Å². The molecule has 0 radical (unpaired) electrons. The molecule has 2 aromatic carbocycles. The first-order valence-corrected chi connectivity index (χ1v) is 9.06. The summed E-state index contributed by atoms with van der Waals surface area (Å²) in [6, 6.07) is 16.1. The molecule has 1 N–H and O–H groups in total. The summed E-state index contributed by atoms with van der Waals surface area (Å²) in [7, 11) is 0. The molecule has 0 fully saturated rings. The van der Waals surface area contributed by atoms with Crippen molar-refractivity contribution in [2.45, 2.75) is 26.8 Å². The first-order valence-electron chi connectivity index (χ1n) is 9.06. The average Bonchev–Trinajstić information content (AvgIpc) is 3.00. The van der Waals surface area contributed by atoms with Gasteiger partial charge in [-0.05, 0) is 38.5 Å². The highest BCUT2D eigenvalue weighted by Gasteiger charge is 2.15. The number of fused-ring (bicyclic) bond motifs is 1. The number of carbonyl (C=O) groups is 1. The van der Waals surface area contributed by atoms with Gasteiger partial charge in [-0.2, -0.15) is 0 Å². The molecule has 5 nitrogen and oxygen atoms in total. The number of amides is 1. The fourth-order valence-corrected chi connectivity index (χ4v) is 2.99. The number of nitrogens with zero attached hydrogens (tertiary/aromatic N) is 2. The van der Waals surface area contributed by atoms with Crippen LogP contribution in [0.2, 0.25) is 0 Å². The van der Waals surface area contributed by atoms with Crippen molar-refractivity contribution < 1.29 is 9.53 Å². The first-order chi connectivity index (χ1) is 12.7. The molecule has 0 aliphatic carbocycles. The largest absolute Gasteiger partial charge is 0.382 e. The third-order valence-corrected chi connectivity index (χ3v) is 4.22. The van der Waals surface area contributed by atoms with Crippen LogP contribution < -0.4 is 5.32 Å². The number of carbonyl (C=O) groups excluding carboxylic acids is 1. The van der Waals surface area contributed by atoms with Gasteiger partial charge in [-0.1, -0.05) is 35.9 Å².